The van der Waals surface area contributed by atoms with Crippen molar-refractivity contribution in [3.8, 4) is 55.6 Å². The van der Waals surface area contributed by atoms with Crippen LogP contribution < -0.4 is 0 Å². The van der Waals surface area contributed by atoms with E-state index in [1.165, 1.54) is 77.4 Å². The lowest BCUT2D eigenvalue weighted by atomic mass is 10.0. The number of nitrogens with zero attached hydrogens (tertiary/aromatic N) is 4. The molecule has 4 nitrogen and oxygen atoms in total. The van der Waals surface area contributed by atoms with Crippen molar-refractivity contribution in [2.75, 3.05) is 0 Å². The van der Waals surface area contributed by atoms with Crippen molar-refractivity contribution in [3.05, 3.63) is 194 Å². The smallest absolute Gasteiger partial charge is 0.173 e. The average molecular weight is 721 g/mol. The highest BCUT2D eigenvalue weighted by atomic mass is 32.1. The maximum atomic E-state index is 5.12. The highest BCUT2D eigenvalue weighted by molar-refractivity contribution is 7.09. The summed E-state index contributed by atoms with van der Waals surface area (Å²) in [6, 6.07) is 69.3. The van der Waals surface area contributed by atoms with Gasteiger partial charge in [-0.25, -0.2) is 4.98 Å². The van der Waals surface area contributed by atoms with Crippen LogP contribution in [0.15, 0.2) is 194 Å². The minimum atomic E-state index is 0.727. The van der Waals surface area contributed by atoms with E-state index >= 15 is 0 Å². The first-order valence-electron chi connectivity index (χ1n) is 18.5. The van der Waals surface area contributed by atoms with Crippen LogP contribution in [0.4, 0.5) is 0 Å². The molecule has 0 atom stereocenters. The molecule has 0 N–H and O–H groups in total. The van der Waals surface area contributed by atoms with Gasteiger partial charge in [0.05, 0.1) is 22.1 Å². The van der Waals surface area contributed by atoms with Crippen LogP contribution in [-0.4, -0.2) is 18.5 Å². The van der Waals surface area contributed by atoms with E-state index in [9.17, 15) is 0 Å². The minimum Gasteiger partial charge on any atom is -0.309 e. The van der Waals surface area contributed by atoms with Gasteiger partial charge in [-0.1, -0.05) is 133 Å². The van der Waals surface area contributed by atoms with Crippen LogP contribution in [0, 0.1) is 0 Å². The highest BCUT2D eigenvalue weighted by Crippen LogP contribution is 2.38. The van der Waals surface area contributed by atoms with Crippen molar-refractivity contribution < 1.29 is 0 Å². The van der Waals surface area contributed by atoms with E-state index in [0.717, 1.165) is 33.3 Å². The molecule has 0 aliphatic carbocycles. The van der Waals surface area contributed by atoms with Gasteiger partial charge in [0.15, 0.2) is 5.82 Å². The maximum absolute atomic E-state index is 5.12. The normalized spacial score (nSPS) is 11.6. The fourth-order valence-corrected chi connectivity index (χ4v) is 8.82. The first-order valence-corrected chi connectivity index (χ1v) is 19.3. The molecule has 0 aliphatic rings. The second-order valence-electron chi connectivity index (χ2n) is 13.9. The lowest BCUT2D eigenvalue weighted by molar-refractivity contribution is 1.17. The number of para-hydroxylation sites is 2. The van der Waals surface area contributed by atoms with Gasteiger partial charge in [0.25, 0.3) is 0 Å². The quantitative estimate of drug-likeness (QED) is 0.171. The zero-order chi connectivity index (χ0) is 36.3. The Morgan fingerprint density at radius 3 is 1.35 bits per heavy atom. The molecule has 55 heavy (non-hydrogen) atoms. The summed E-state index contributed by atoms with van der Waals surface area (Å²) in [5, 5.41) is 5.82. The molecule has 258 valence electrons. The van der Waals surface area contributed by atoms with Crippen molar-refractivity contribution >= 4 is 55.1 Å². The van der Waals surface area contributed by atoms with E-state index in [-0.39, 0.29) is 0 Å². The fourth-order valence-electron chi connectivity index (χ4n) is 8.14. The minimum absolute atomic E-state index is 0.727. The van der Waals surface area contributed by atoms with E-state index in [0.29, 0.717) is 0 Å². The predicted octanol–water partition coefficient (Wildman–Crippen LogP) is 13.4. The standard InChI is InChI=1S/C50H32N4S/c1-3-13-33(14-4-1)35-25-27-47-43(31-35)41-21-7-9-23-45(41)53(47)39-19-11-17-37(29-39)49-51-50(55-52-49)38-18-12-20-40(30-38)54-46-24-10-8-22-42(46)44-32-36(26-28-48(44)54)34-15-5-2-6-16-34/h1-32H. The van der Waals surface area contributed by atoms with Crippen LogP contribution in [0.3, 0.4) is 0 Å². The molecule has 0 spiro atoms. The number of hydrogen-bond acceptors (Lipinski definition) is 3. The number of benzene rings is 8. The SMILES string of the molecule is c1ccc(-c2ccc3c(c2)c2ccccc2n3-c2cccc(-c3nsc(-c4cccc(-n5c6ccccc6c6cc(-c7ccccc7)ccc65)c4)n3)c2)cc1. The lowest BCUT2D eigenvalue weighted by Crippen LogP contribution is -1.95. The van der Waals surface area contributed by atoms with Crippen LogP contribution in [-0.2, 0) is 0 Å². The Balaban J connectivity index is 0.970. The topological polar surface area (TPSA) is 35.6 Å². The van der Waals surface area contributed by atoms with E-state index < -0.39 is 0 Å². The largest absolute Gasteiger partial charge is 0.309 e. The molecule has 8 aromatic carbocycles. The van der Waals surface area contributed by atoms with Gasteiger partial charge in [0.2, 0.25) is 0 Å². The number of rotatable bonds is 6. The van der Waals surface area contributed by atoms with Crippen LogP contribution >= 0.6 is 11.5 Å². The summed E-state index contributed by atoms with van der Waals surface area (Å²) in [6.07, 6.45) is 0. The van der Waals surface area contributed by atoms with Crippen molar-refractivity contribution in [2.24, 2.45) is 0 Å². The molecule has 0 unspecified atom stereocenters. The molecular formula is C50H32N4S. The molecule has 0 fully saturated rings. The molecule has 3 heterocycles. The number of hydrogen-bond donors (Lipinski definition) is 0. The maximum Gasteiger partial charge on any atom is 0.173 e. The molecule has 0 saturated heterocycles. The molecular weight excluding hydrogens is 689 g/mol. The van der Waals surface area contributed by atoms with E-state index in [1.54, 1.807) is 0 Å². The summed E-state index contributed by atoms with van der Waals surface area (Å²) >= 11 is 1.44. The van der Waals surface area contributed by atoms with Gasteiger partial charge in [-0.2, -0.15) is 4.37 Å². The molecule has 0 amide bonds. The van der Waals surface area contributed by atoms with E-state index in [1.807, 2.05) is 0 Å². The van der Waals surface area contributed by atoms with E-state index in [2.05, 4.69) is 203 Å². The van der Waals surface area contributed by atoms with Gasteiger partial charge < -0.3 is 9.13 Å². The van der Waals surface area contributed by atoms with Gasteiger partial charge in [0, 0.05) is 44.0 Å². The Morgan fingerprint density at radius 2 is 0.782 bits per heavy atom. The Labute approximate surface area is 322 Å². The monoisotopic (exact) mass is 720 g/mol. The summed E-state index contributed by atoms with van der Waals surface area (Å²) in [6.45, 7) is 0. The Bertz CT molecular complexity index is 2990. The Hall–Kier alpha value is -7.08. The molecule has 0 aliphatic heterocycles. The second-order valence-corrected chi connectivity index (χ2v) is 14.7. The molecule has 3 aromatic heterocycles. The summed E-state index contributed by atoms with van der Waals surface area (Å²) < 4.78 is 9.62. The molecule has 11 aromatic rings. The van der Waals surface area contributed by atoms with Gasteiger partial charge in [-0.3, -0.25) is 0 Å². The summed E-state index contributed by atoms with van der Waals surface area (Å²) in [7, 11) is 0. The first-order chi connectivity index (χ1) is 27.3. The van der Waals surface area contributed by atoms with Crippen molar-refractivity contribution in [2.45, 2.75) is 0 Å². The average Bonchev–Trinajstić information content (AvgIpc) is 3.97. The van der Waals surface area contributed by atoms with Crippen molar-refractivity contribution in [1.29, 1.82) is 0 Å². The van der Waals surface area contributed by atoms with Gasteiger partial charge in [-0.05, 0) is 94.4 Å². The number of aromatic nitrogens is 4. The molecule has 0 saturated carbocycles. The van der Waals surface area contributed by atoms with Crippen LogP contribution in [0.2, 0.25) is 0 Å². The van der Waals surface area contributed by atoms with Gasteiger partial charge in [-0.15, -0.1) is 0 Å². The third-order valence-electron chi connectivity index (χ3n) is 10.7. The van der Waals surface area contributed by atoms with Crippen LogP contribution in [0.5, 0.6) is 0 Å². The third kappa shape index (κ3) is 5.28. The van der Waals surface area contributed by atoms with Gasteiger partial charge in [0.1, 0.15) is 5.01 Å². The number of fused-ring (bicyclic) bond motifs is 6. The molecule has 0 radical (unpaired) electrons. The first kappa shape index (κ1) is 31.4. The lowest BCUT2D eigenvalue weighted by Gasteiger charge is -2.10. The Kier molecular flexibility index (Phi) is 7.32. The predicted molar refractivity (Wildman–Crippen MR) is 230 cm³/mol. The zero-order valence-corrected chi connectivity index (χ0v) is 30.5. The molecule has 0 bridgehead atoms. The summed E-state index contributed by atoms with van der Waals surface area (Å²) in [4.78, 5) is 5.12. The fraction of sp³-hybridized carbons (Fsp3) is 0. The van der Waals surface area contributed by atoms with Crippen LogP contribution in [0.1, 0.15) is 0 Å². The summed E-state index contributed by atoms with van der Waals surface area (Å²) in [5.41, 5.74) is 13.8. The van der Waals surface area contributed by atoms with Gasteiger partial charge >= 0.3 is 0 Å². The second kappa shape index (κ2) is 12.8. The van der Waals surface area contributed by atoms with Crippen LogP contribution in [0.25, 0.3) is 99.2 Å². The van der Waals surface area contributed by atoms with E-state index in [4.69, 9.17) is 9.36 Å². The molecule has 5 heteroatoms. The van der Waals surface area contributed by atoms with Crippen molar-refractivity contribution in [1.82, 2.24) is 18.5 Å². The summed E-state index contributed by atoms with van der Waals surface area (Å²) in [5.74, 6) is 0.727. The Morgan fingerprint density at radius 1 is 0.327 bits per heavy atom. The zero-order valence-electron chi connectivity index (χ0n) is 29.7. The highest BCUT2D eigenvalue weighted by Gasteiger charge is 2.17. The molecule has 11 rings (SSSR count). The van der Waals surface area contributed by atoms with Crippen molar-refractivity contribution in [3.63, 3.8) is 0 Å². The third-order valence-corrected chi connectivity index (χ3v) is 11.5.